The van der Waals surface area contributed by atoms with Gasteiger partial charge in [-0.15, -0.1) is 0 Å². The first-order chi connectivity index (χ1) is 8.76. The second-order valence-corrected chi connectivity index (χ2v) is 5.91. The highest BCUT2D eigenvalue weighted by atomic mass is 16.5. The van der Waals surface area contributed by atoms with E-state index in [1.807, 2.05) is 0 Å². The summed E-state index contributed by atoms with van der Waals surface area (Å²) in [6.45, 7) is 5.15. The van der Waals surface area contributed by atoms with E-state index in [-0.39, 0.29) is 0 Å². The van der Waals surface area contributed by atoms with Crippen molar-refractivity contribution in [1.29, 1.82) is 0 Å². The van der Waals surface area contributed by atoms with Gasteiger partial charge in [-0.1, -0.05) is 23.8 Å². The van der Waals surface area contributed by atoms with E-state index in [1.165, 1.54) is 24.8 Å². The summed E-state index contributed by atoms with van der Waals surface area (Å²) in [5.41, 5.74) is 5.19. The molecule has 98 valence electrons. The molecule has 2 atom stereocenters. The van der Waals surface area contributed by atoms with Gasteiger partial charge in [0.15, 0.2) is 0 Å². The molecule has 1 saturated carbocycles. The Kier molecular flexibility index (Phi) is 3.16. The van der Waals surface area contributed by atoms with Crippen LogP contribution in [-0.2, 0) is 16.6 Å². The average Bonchev–Trinajstić information content (AvgIpc) is 2.96. The minimum atomic E-state index is 0.529. The van der Waals surface area contributed by atoms with Gasteiger partial charge in [0.1, 0.15) is 0 Å². The molecule has 0 bridgehead atoms. The topological polar surface area (TPSA) is 21.3 Å². The van der Waals surface area contributed by atoms with E-state index in [1.54, 1.807) is 18.2 Å². The first-order valence-electron chi connectivity index (χ1n) is 7.06. The molecule has 2 nitrogen and oxygen atoms in total. The lowest BCUT2D eigenvalue weighted by molar-refractivity contribution is 0.199. The Morgan fingerprint density at radius 1 is 1.44 bits per heavy atom. The molecule has 3 rings (SSSR count). The van der Waals surface area contributed by atoms with Crippen molar-refractivity contribution in [3.05, 3.63) is 34.9 Å². The number of nitrogens with one attached hydrogen (secondary N) is 1. The standard InChI is InChI=1S/C16H23NO/c1-12-3-4-13-5-6-16(15(13)9-12)10-14(16)11-17-7-8-18-2/h3-4,9,14,17H,5-8,10-11H2,1-2H3. The fraction of sp³-hybridized carbons (Fsp3) is 0.625. The lowest BCUT2D eigenvalue weighted by Crippen LogP contribution is -2.24. The molecule has 2 heteroatoms. The van der Waals surface area contributed by atoms with Crippen LogP contribution in [0.15, 0.2) is 18.2 Å². The fourth-order valence-electron chi connectivity index (χ4n) is 3.60. The zero-order valence-corrected chi connectivity index (χ0v) is 11.5. The molecule has 2 aliphatic carbocycles. The van der Waals surface area contributed by atoms with Crippen molar-refractivity contribution in [1.82, 2.24) is 5.32 Å². The SMILES string of the molecule is COCCNCC1CC12CCc1ccc(C)cc12. The van der Waals surface area contributed by atoms with Crippen LogP contribution in [0.4, 0.5) is 0 Å². The van der Waals surface area contributed by atoms with Gasteiger partial charge in [0, 0.05) is 19.1 Å². The highest BCUT2D eigenvalue weighted by Crippen LogP contribution is 2.61. The molecule has 1 N–H and O–H groups in total. The molecule has 0 heterocycles. The fourth-order valence-corrected chi connectivity index (χ4v) is 3.60. The number of rotatable bonds is 5. The Hall–Kier alpha value is -0.860. The number of methoxy groups -OCH3 is 1. The van der Waals surface area contributed by atoms with Crippen molar-refractivity contribution >= 4 is 0 Å². The third-order valence-electron chi connectivity index (χ3n) is 4.75. The molecule has 0 aliphatic heterocycles. The van der Waals surface area contributed by atoms with Crippen LogP contribution in [0.3, 0.4) is 0 Å². The lowest BCUT2D eigenvalue weighted by atomic mass is 9.94. The third kappa shape index (κ3) is 1.98. The van der Waals surface area contributed by atoms with Gasteiger partial charge in [-0.25, -0.2) is 0 Å². The Bertz CT molecular complexity index is 443. The van der Waals surface area contributed by atoms with Gasteiger partial charge < -0.3 is 10.1 Å². The molecular formula is C16H23NO. The maximum Gasteiger partial charge on any atom is 0.0587 e. The minimum absolute atomic E-state index is 0.529. The maximum atomic E-state index is 5.07. The van der Waals surface area contributed by atoms with E-state index in [2.05, 4.69) is 30.4 Å². The van der Waals surface area contributed by atoms with Crippen LogP contribution < -0.4 is 5.32 Å². The summed E-state index contributed by atoms with van der Waals surface area (Å²) in [5, 5.41) is 3.52. The second kappa shape index (κ2) is 4.67. The molecule has 2 unspecified atom stereocenters. The monoisotopic (exact) mass is 245 g/mol. The predicted octanol–water partition coefficient (Wildman–Crippen LogP) is 2.43. The van der Waals surface area contributed by atoms with E-state index in [9.17, 15) is 0 Å². The number of ether oxygens (including phenoxy) is 1. The van der Waals surface area contributed by atoms with Crippen LogP contribution in [0, 0.1) is 12.8 Å². The predicted molar refractivity (Wildman–Crippen MR) is 74.0 cm³/mol. The van der Waals surface area contributed by atoms with E-state index < -0.39 is 0 Å². The number of hydrogen-bond acceptors (Lipinski definition) is 2. The van der Waals surface area contributed by atoms with Gasteiger partial charge in [0.05, 0.1) is 6.61 Å². The molecule has 1 spiro atoms. The van der Waals surface area contributed by atoms with Crippen molar-refractivity contribution < 1.29 is 4.74 Å². The van der Waals surface area contributed by atoms with Gasteiger partial charge in [-0.2, -0.15) is 0 Å². The van der Waals surface area contributed by atoms with E-state index in [4.69, 9.17) is 4.74 Å². The Morgan fingerprint density at radius 2 is 2.33 bits per heavy atom. The number of aryl methyl sites for hydroxylation is 2. The zero-order valence-electron chi connectivity index (χ0n) is 11.5. The molecule has 1 aromatic rings. The summed E-state index contributed by atoms with van der Waals surface area (Å²) < 4.78 is 5.07. The van der Waals surface area contributed by atoms with Crippen LogP contribution >= 0.6 is 0 Å². The van der Waals surface area contributed by atoms with Gasteiger partial charge in [0.25, 0.3) is 0 Å². The molecule has 2 aliphatic rings. The second-order valence-electron chi connectivity index (χ2n) is 5.91. The number of fused-ring (bicyclic) bond motifs is 2. The molecule has 0 saturated heterocycles. The highest BCUT2D eigenvalue weighted by Gasteiger charge is 2.57. The molecule has 0 radical (unpaired) electrons. The highest BCUT2D eigenvalue weighted by molar-refractivity contribution is 5.46. The van der Waals surface area contributed by atoms with Crippen molar-refractivity contribution in [2.24, 2.45) is 5.92 Å². The largest absolute Gasteiger partial charge is 0.383 e. The number of benzene rings is 1. The minimum Gasteiger partial charge on any atom is -0.383 e. The van der Waals surface area contributed by atoms with E-state index in [0.29, 0.717) is 5.41 Å². The molecular weight excluding hydrogens is 222 g/mol. The zero-order chi connectivity index (χ0) is 12.6. The summed E-state index contributed by atoms with van der Waals surface area (Å²) in [7, 11) is 1.76. The molecule has 1 aromatic carbocycles. The first kappa shape index (κ1) is 12.2. The Morgan fingerprint density at radius 3 is 3.17 bits per heavy atom. The van der Waals surface area contributed by atoms with Gasteiger partial charge in [-0.05, 0) is 49.8 Å². The van der Waals surface area contributed by atoms with Crippen LogP contribution in [0.25, 0.3) is 0 Å². The summed E-state index contributed by atoms with van der Waals surface area (Å²) in [6, 6.07) is 7.02. The van der Waals surface area contributed by atoms with Crippen molar-refractivity contribution in [3.8, 4) is 0 Å². The first-order valence-corrected chi connectivity index (χ1v) is 7.06. The van der Waals surface area contributed by atoms with Crippen molar-refractivity contribution in [2.45, 2.75) is 31.6 Å². The molecule has 18 heavy (non-hydrogen) atoms. The van der Waals surface area contributed by atoms with Crippen molar-refractivity contribution in [3.63, 3.8) is 0 Å². The maximum absolute atomic E-state index is 5.07. The van der Waals surface area contributed by atoms with Gasteiger partial charge >= 0.3 is 0 Å². The summed E-state index contributed by atoms with van der Waals surface area (Å²) in [5.74, 6) is 0.845. The van der Waals surface area contributed by atoms with Crippen LogP contribution in [0.5, 0.6) is 0 Å². The van der Waals surface area contributed by atoms with Crippen LogP contribution in [0.1, 0.15) is 29.5 Å². The van der Waals surface area contributed by atoms with Crippen LogP contribution in [0.2, 0.25) is 0 Å². The van der Waals surface area contributed by atoms with Crippen molar-refractivity contribution in [2.75, 3.05) is 26.8 Å². The summed E-state index contributed by atoms with van der Waals surface area (Å²) in [4.78, 5) is 0. The average molecular weight is 245 g/mol. The molecule has 1 fully saturated rings. The van der Waals surface area contributed by atoms with E-state index >= 15 is 0 Å². The summed E-state index contributed by atoms with van der Waals surface area (Å²) >= 11 is 0. The van der Waals surface area contributed by atoms with Gasteiger partial charge in [-0.3, -0.25) is 0 Å². The van der Waals surface area contributed by atoms with Gasteiger partial charge in [0.2, 0.25) is 0 Å². The third-order valence-corrected chi connectivity index (χ3v) is 4.75. The molecule has 0 aromatic heterocycles. The normalized spacial score (nSPS) is 28.7. The smallest absolute Gasteiger partial charge is 0.0587 e. The molecule has 0 amide bonds. The Labute approximate surface area is 110 Å². The summed E-state index contributed by atoms with van der Waals surface area (Å²) in [6.07, 6.45) is 4.02. The Balaban J connectivity index is 1.64. The van der Waals surface area contributed by atoms with Crippen LogP contribution in [-0.4, -0.2) is 26.8 Å². The lowest BCUT2D eigenvalue weighted by Gasteiger charge is -2.13. The quantitative estimate of drug-likeness (QED) is 0.805. The van der Waals surface area contributed by atoms with E-state index in [0.717, 1.165) is 25.6 Å². The number of hydrogen-bond donors (Lipinski definition) is 1.